The SMILES string of the molecule is CN1CCS(=O)(=O)C(C(=O)O)C1. The van der Waals surface area contributed by atoms with Crippen LogP contribution in [0.25, 0.3) is 0 Å². The fourth-order valence-corrected chi connectivity index (χ4v) is 2.78. The first kappa shape index (κ1) is 9.47. The van der Waals surface area contributed by atoms with Crippen molar-refractivity contribution in [2.45, 2.75) is 5.25 Å². The van der Waals surface area contributed by atoms with Gasteiger partial charge in [0, 0.05) is 13.1 Å². The van der Waals surface area contributed by atoms with Crippen LogP contribution in [0.5, 0.6) is 0 Å². The Bertz CT molecular complexity index is 284. The van der Waals surface area contributed by atoms with Gasteiger partial charge >= 0.3 is 5.97 Å². The van der Waals surface area contributed by atoms with E-state index in [-0.39, 0.29) is 12.3 Å². The molecular weight excluding hydrogens is 182 g/mol. The Morgan fingerprint density at radius 2 is 2.17 bits per heavy atom. The van der Waals surface area contributed by atoms with Gasteiger partial charge in [0.1, 0.15) is 0 Å². The topological polar surface area (TPSA) is 74.7 Å². The summed E-state index contributed by atoms with van der Waals surface area (Å²) in [6.45, 7) is 0.518. The molecule has 1 rings (SSSR count). The summed E-state index contributed by atoms with van der Waals surface area (Å²) < 4.78 is 22.3. The summed E-state index contributed by atoms with van der Waals surface area (Å²) in [6.07, 6.45) is 0. The quantitative estimate of drug-likeness (QED) is 0.566. The molecule has 70 valence electrons. The van der Waals surface area contributed by atoms with E-state index in [4.69, 9.17) is 5.11 Å². The Morgan fingerprint density at radius 3 is 2.58 bits per heavy atom. The van der Waals surface area contributed by atoms with E-state index >= 15 is 0 Å². The molecule has 1 atom stereocenters. The molecule has 0 saturated carbocycles. The van der Waals surface area contributed by atoms with Gasteiger partial charge < -0.3 is 10.0 Å². The lowest BCUT2D eigenvalue weighted by molar-refractivity contribution is -0.136. The highest BCUT2D eigenvalue weighted by molar-refractivity contribution is 7.92. The zero-order chi connectivity index (χ0) is 9.35. The average Bonchev–Trinajstić information content (AvgIpc) is 1.94. The number of carboxylic acid groups (broad SMARTS) is 1. The van der Waals surface area contributed by atoms with Gasteiger partial charge in [0.05, 0.1) is 5.75 Å². The number of aliphatic carboxylic acids is 1. The molecular formula is C6H11NO4S. The summed E-state index contributed by atoms with van der Waals surface area (Å²) in [5, 5.41) is 7.35. The van der Waals surface area contributed by atoms with E-state index in [0.717, 1.165) is 0 Å². The lowest BCUT2D eigenvalue weighted by Gasteiger charge is -2.26. The van der Waals surface area contributed by atoms with Crippen LogP contribution in [0.2, 0.25) is 0 Å². The van der Waals surface area contributed by atoms with Gasteiger partial charge in [0.2, 0.25) is 0 Å². The predicted molar refractivity (Wildman–Crippen MR) is 42.7 cm³/mol. The van der Waals surface area contributed by atoms with Crippen LogP contribution in [0.4, 0.5) is 0 Å². The molecule has 1 saturated heterocycles. The predicted octanol–water partition coefficient (Wildman–Crippen LogP) is -1.20. The molecule has 0 aromatic carbocycles. The van der Waals surface area contributed by atoms with Gasteiger partial charge in [-0.1, -0.05) is 0 Å². The molecule has 5 nitrogen and oxygen atoms in total. The molecule has 1 aliphatic rings. The van der Waals surface area contributed by atoms with Crippen molar-refractivity contribution in [3.05, 3.63) is 0 Å². The second-order valence-electron chi connectivity index (χ2n) is 2.96. The zero-order valence-electron chi connectivity index (χ0n) is 6.73. The fraction of sp³-hybridized carbons (Fsp3) is 0.833. The molecule has 1 unspecified atom stereocenters. The van der Waals surface area contributed by atoms with Crippen molar-refractivity contribution in [3.63, 3.8) is 0 Å². The van der Waals surface area contributed by atoms with Crippen LogP contribution in [0.1, 0.15) is 0 Å². The number of carboxylic acids is 1. The Labute approximate surface area is 70.9 Å². The smallest absolute Gasteiger partial charge is 0.323 e. The summed E-state index contributed by atoms with van der Waals surface area (Å²) in [7, 11) is -1.68. The number of sulfone groups is 1. The molecule has 0 radical (unpaired) electrons. The maximum atomic E-state index is 11.2. The van der Waals surface area contributed by atoms with Crippen LogP contribution in [0.15, 0.2) is 0 Å². The maximum absolute atomic E-state index is 11.2. The minimum absolute atomic E-state index is 0.0551. The molecule has 6 heteroatoms. The van der Waals surface area contributed by atoms with E-state index in [1.54, 1.807) is 11.9 Å². The Kier molecular flexibility index (Phi) is 2.39. The van der Waals surface area contributed by atoms with Gasteiger partial charge in [-0.2, -0.15) is 0 Å². The number of nitrogens with zero attached hydrogens (tertiary/aromatic N) is 1. The van der Waals surface area contributed by atoms with E-state index in [0.29, 0.717) is 6.54 Å². The third kappa shape index (κ3) is 1.75. The first-order chi connectivity index (χ1) is 5.43. The van der Waals surface area contributed by atoms with Crippen molar-refractivity contribution < 1.29 is 18.3 Å². The van der Waals surface area contributed by atoms with Crippen molar-refractivity contribution in [3.8, 4) is 0 Å². The third-order valence-electron chi connectivity index (χ3n) is 1.94. The van der Waals surface area contributed by atoms with E-state index in [1.807, 2.05) is 0 Å². The van der Waals surface area contributed by atoms with Crippen LogP contribution >= 0.6 is 0 Å². The van der Waals surface area contributed by atoms with Gasteiger partial charge in [-0.3, -0.25) is 4.79 Å². The van der Waals surface area contributed by atoms with Gasteiger partial charge in [0.25, 0.3) is 0 Å². The third-order valence-corrected chi connectivity index (χ3v) is 3.91. The molecule has 0 aliphatic carbocycles. The Hall–Kier alpha value is -0.620. The van der Waals surface area contributed by atoms with Crippen molar-refractivity contribution in [2.75, 3.05) is 25.9 Å². The van der Waals surface area contributed by atoms with Crippen molar-refractivity contribution >= 4 is 15.8 Å². The molecule has 0 aromatic rings. The number of carbonyl (C=O) groups is 1. The van der Waals surface area contributed by atoms with Crippen molar-refractivity contribution in [1.29, 1.82) is 0 Å². The average molecular weight is 193 g/mol. The Balaban J connectivity index is 2.87. The summed E-state index contributed by atoms with van der Waals surface area (Å²) in [4.78, 5) is 12.2. The van der Waals surface area contributed by atoms with Crippen LogP contribution in [0, 0.1) is 0 Å². The van der Waals surface area contributed by atoms with Gasteiger partial charge in [-0.15, -0.1) is 0 Å². The fourth-order valence-electron chi connectivity index (χ4n) is 1.14. The molecule has 0 aromatic heterocycles. The number of rotatable bonds is 1. The van der Waals surface area contributed by atoms with E-state index < -0.39 is 21.1 Å². The van der Waals surface area contributed by atoms with Crippen molar-refractivity contribution in [1.82, 2.24) is 4.90 Å². The summed E-state index contributed by atoms with van der Waals surface area (Å²) in [5.41, 5.74) is 0. The normalized spacial score (nSPS) is 29.9. The standard InChI is InChI=1S/C6H11NO4S/c1-7-2-3-12(10,11)5(4-7)6(8)9/h5H,2-4H2,1H3,(H,8,9). The minimum Gasteiger partial charge on any atom is -0.480 e. The van der Waals surface area contributed by atoms with Gasteiger partial charge in [-0.25, -0.2) is 8.42 Å². The number of hydrogen-bond acceptors (Lipinski definition) is 4. The van der Waals surface area contributed by atoms with Crippen molar-refractivity contribution in [2.24, 2.45) is 0 Å². The second kappa shape index (κ2) is 3.02. The Morgan fingerprint density at radius 1 is 1.58 bits per heavy atom. The first-order valence-electron chi connectivity index (χ1n) is 3.56. The zero-order valence-corrected chi connectivity index (χ0v) is 7.54. The lowest BCUT2D eigenvalue weighted by Crippen LogP contribution is -2.48. The minimum atomic E-state index is -3.40. The molecule has 0 spiro atoms. The van der Waals surface area contributed by atoms with E-state index in [1.165, 1.54) is 0 Å². The molecule has 1 heterocycles. The summed E-state index contributed by atoms with van der Waals surface area (Å²) >= 11 is 0. The monoisotopic (exact) mass is 193 g/mol. The molecule has 1 fully saturated rings. The van der Waals surface area contributed by atoms with E-state index in [2.05, 4.69) is 0 Å². The highest BCUT2D eigenvalue weighted by atomic mass is 32.2. The molecule has 0 bridgehead atoms. The first-order valence-corrected chi connectivity index (χ1v) is 5.28. The maximum Gasteiger partial charge on any atom is 0.323 e. The highest BCUT2D eigenvalue weighted by Crippen LogP contribution is 2.10. The van der Waals surface area contributed by atoms with Crippen LogP contribution in [0.3, 0.4) is 0 Å². The van der Waals surface area contributed by atoms with Crippen LogP contribution in [-0.2, 0) is 14.6 Å². The van der Waals surface area contributed by atoms with E-state index in [9.17, 15) is 13.2 Å². The number of hydrogen-bond donors (Lipinski definition) is 1. The summed E-state index contributed by atoms with van der Waals surface area (Å²) in [5.74, 6) is -1.30. The molecule has 12 heavy (non-hydrogen) atoms. The molecule has 1 aliphatic heterocycles. The van der Waals surface area contributed by atoms with Crippen LogP contribution < -0.4 is 0 Å². The molecule has 0 amide bonds. The van der Waals surface area contributed by atoms with Crippen LogP contribution in [-0.4, -0.2) is 55.5 Å². The van der Waals surface area contributed by atoms with Gasteiger partial charge in [0.15, 0.2) is 15.1 Å². The lowest BCUT2D eigenvalue weighted by atomic mass is 10.4. The van der Waals surface area contributed by atoms with Gasteiger partial charge in [-0.05, 0) is 7.05 Å². The largest absolute Gasteiger partial charge is 0.480 e. The second-order valence-corrected chi connectivity index (χ2v) is 5.26. The molecule has 1 N–H and O–H groups in total. The summed E-state index contributed by atoms with van der Waals surface area (Å²) in [6, 6.07) is 0. The highest BCUT2D eigenvalue weighted by Gasteiger charge is 2.36.